The average molecular weight is 2090 g/mol. The number of aliphatic hydroxyl groups excluding tert-OH is 28. The molecule has 60 heteroatoms. The van der Waals surface area contributed by atoms with Gasteiger partial charge in [-0.3, -0.25) is 9.59 Å². The van der Waals surface area contributed by atoms with Crippen molar-refractivity contribution >= 4 is 11.8 Å². The van der Waals surface area contributed by atoms with Gasteiger partial charge in [0.1, 0.15) is 268 Å². The molecule has 0 bridgehead atoms. The van der Waals surface area contributed by atoms with Gasteiger partial charge in [-0.25, -0.2) is 18.7 Å². The van der Waals surface area contributed by atoms with Crippen LogP contribution in [0.15, 0.2) is 61.2 Å². The minimum absolute atomic E-state index is 0.0502. The van der Waals surface area contributed by atoms with Crippen LogP contribution in [0.1, 0.15) is 133 Å². The monoisotopic (exact) mass is 2090 g/mol. The Bertz CT molecular complexity index is 4450. The number of nitrogens with zero attached hydrogens (tertiary/aromatic N) is 12. The number of hydrogen-bond donors (Lipinski definition) is 30. The molecule has 0 spiro atoms. The van der Waals surface area contributed by atoms with Crippen LogP contribution in [-0.4, -0.2) is 501 Å². The summed E-state index contributed by atoms with van der Waals surface area (Å²) in [5.41, 5.74) is 0.525. The maximum absolute atomic E-state index is 14.0. The topological polar surface area (TPSA) is 895 Å². The summed E-state index contributed by atoms with van der Waals surface area (Å²) in [5.74, 6) is -0.873. The van der Waals surface area contributed by atoms with Crippen LogP contribution in [0.4, 0.5) is 0 Å². The van der Waals surface area contributed by atoms with E-state index in [2.05, 4.69) is 51.9 Å². The number of benzene rings is 2. The number of nitrogens with one attached hydrogen (secondary N) is 2. The van der Waals surface area contributed by atoms with Crippen molar-refractivity contribution in [3.63, 3.8) is 0 Å². The van der Waals surface area contributed by atoms with E-state index in [1.54, 1.807) is 0 Å². The van der Waals surface area contributed by atoms with Gasteiger partial charge in [0.25, 0.3) is 11.8 Å². The highest BCUT2D eigenvalue weighted by atomic mass is 16.8. The lowest BCUT2D eigenvalue weighted by Crippen LogP contribution is -2.63. The molecule has 4 aromatic heterocycles. The van der Waals surface area contributed by atoms with E-state index in [1.165, 1.54) is 61.2 Å². The molecule has 146 heavy (non-hydrogen) atoms. The third-order valence-corrected chi connectivity index (χ3v) is 26.2. The molecule has 2 aromatic carbocycles. The SMILES string of the molecule is O=C(NCCCCCCCCCCCCNC(=O)c1cc(OCc2cn([C@@H]3O[C@H](CO)[C@H](O[C@H]4O[C@H](CO)[C@H](O)[C@H](O)[C@H]4O)[C@H](O)[C@H]3O)nn2)cc(OCc2cn([C@@H]3O[C@H](CO)[C@H](O[C@H]4O[C@H](CO)[C@H](O)[C@H](O)[C@H]4O)[C@H](O)[C@H]3O)nn2)c1)c1cc(OCc2cn([C@@H]3O[C@H](CO)[C@H](O[C@H]4O[C@H](CO)[C@H](O)[C@H](O)[C@H]4O)[C@H](O)[C@H]3O)nn2)cc(OCc2cn([C@@H]3O[C@H](CO)[C@H](O[C@H]4O[C@H](CO)[C@H](O)[C@H](O)[C@H]4O)[C@H](O)[C@H]3O)nn2)c1. The van der Waals surface area contributed by atoms with Gasteiger partial charge in [-0.15, -0.1) is 20.4 Å². The third kappa shape index (κ3) is 26.5. The maximum atomic E-state index is 14.0. The number of hydrogen-bond acceptors (Lipinski definition) is 54. The zero-order valence-corrected chi connectivity index (χ0v) is 78.1. The predicted octanol–water partition coefficient (Wildman–Crippen LogP) is -14.4. The van der Waals surface area contributed by atoms with E-state index < -0.39 is 310 Å². The fraction of sp³-hybridized carbons (Fsp3) is 0.744. The molecule has 40 atom stereocenters. The molecular weight excluding hydrogens is 1960 g/mol. The number of carbonyl (C=O) groups excluding carboxylic acids is 2. The van der Waals surface area contributed by atoms with Gasteiger partial charge in [0.15, 0.2) is 50.1 Å². The molecule has 8 aliphatic heterocycles. The summed E-state index contributed by atoms with van der Waals surface area (Å²) in [6.45, 7) is -7.47. The van der Waals surface area contributed by atoms with Gasteiger partial charge in [0, 0.05) is 36.3 Å². The van der Waals surface area contributed by atoms with Crippen LogP contribution in [0, 0.1) is 0 Å². The molecule has 8 aliphatic rings. The van der Waals surface area contributed by atoms with Crippen molar-refractivity contribution < 1.29 is 228 Å². The van der Waals surface area contributed by atoms with E-state index in [0.29, 0.717) is 12.8 Å². The highest BCUT2D eigenvalue weighted by Gasteiger charge is 2.57. The van der Waals surface area contributed by atoms with Crippen LogP contribution in [0.25, 0.3) is 0 Å². The van der Waals surface area contributed by atoms with Gasteiger partial charge in [0.2, 0.25) is 0 Å². The predicted molar refractivity (Wildman–Crippen MR) is 468 cm³/mol. The molecule has 818 valence electrons. The molecule has 8 fully saturated rings. The third-order valence-electron chi connectivity index (χ3n) is 26.2. The smallest absolute Gasteiger partial charge is 0.251 e. The highest BCUT2D eigenvalue weighted by Crippen LogP contribution is 2.41. The fourth-order valence-electron chi connectivity index (χ4n) is 17.8. The number of carbonyl (C=O) groups is 2. The molecule has 30 N–H and O–H groups in total. The van der Waals surface area contributed by atoms with Gasteiger partial charge in [-0.05, 0) is 37.1 Å². The zero-order valence-electron chi connectivity index (χ0n) is 78.1. The van der Waals surface area contributed by atoms with Crippen LogP contribution in [-0.2, 0) is 83.3 Å². The van der Waals surface area contributed by atoms with Gasteiger partial charge in [0.05, 0.1) is 77.6 Å². The van der Waals surface area contributed by atoms with E-state index in [1.807, 2.05) is 0 Å². The lowest BCUT2D eigenvalue weighted by molar-refractivity contribution is -0.347. The van der Waals surface area contributed by atoms with Crippen molar-refractivity contribution in [1.82, 2.24) is 70.6 Å². The Labute approximate surface area is 827 Å². The van der Waals surface area contributed by atoms with Crippen molar-refractivity contribution in [2.45, 2.75) is 336 Å². The number of aromatic nitrogens is 12. The first-order valence-corrected chi connectivity index (χ1v) is 47.5. The summed E-state index contributed by atoms with van der Waals surface area (Å²) >= 11 is 0. The highest BCUT2D eigenvalue weighted by molar-refractivity contribution is 5.95. The lowest BCUT2D eigenvalue weighted by atomic mass is 9.96. The quantitative estimate of drug-likeness (QED) is 0.0158. The first-order chi connectivity index (χ1) is 70.1. The van der Waals surface area contributed by atoms with Gasteiger partial charge < -0.3 is 229 Å². The average Bonchev–Trinajstić information content (AvgIpc) is 1.41. The summed E-state index contributed by atoms with van der Waals surface area (Å²) < 4.78 is 96.5. The molecular formula is C86H128N14O46. The first kappa shape index (κ1) is 113. The van der Waals surface area contributed by atoms with Gasteiger partial charge in [-0.2, -0.15) is 0 Å². The van der Waals surface area contributed by atoms with Gasteiger partial charge in [-0.1, -0.05) is 72.2 Å². The minimum atomic E-state index is -1.90. The molecule has 14 rings (SSSR count). The van der Waals surface area contributed by atoms with Crippen molar-refractivity contribution in [3.8, 4) is 23.0 Å². The number of rotatable bonds is 47. The van der Waals surface area contributed by atoms with Crippen molar-refractivity contribution in [2.24, 2.45) is 0 Å². The molecule has 2 amide bonds. The van der Waals surface area contributed by atoms with Crippen molar-refractivity contribution in [1.29, 1.82) is 0 Å². The summed E-state index contributed by atoms with van der Waals surface area (Å²) in [6, 6.07) is 8.49. The largest absolute Gasteiger partial charge is 0.487 e. The van der Waals surface area contributed by atoms with E-state index in [4.69, 9.17) is 75.8 Å². The zero-order chi connectivity index (χ0) is 105. The molecule has 0 saturated carbocycles. The number of amides is 2. The Kier molecular flexibility index (Phi) is 40.3. The van der Waals surface area contributed by atoms with Crippen LogP contribution >= 0.6 is 0 Å². The van der Waals surface area contributed by atoms with Crippen LogP contribution < -0.4 is 29.6 Å². The lowest BCUT2D eigenvalue weighted by Gasteiger charge is -2.45. The number of ether oxygens (including phenoxy) is 16. The Morgan fingerprint density at radius 1 is 0.253 bits per heavy atom. The van der Waals surface area contributed by atoms with Gasteiger partial charge >= 0.3 is 0 Å². The first-order valence-electron chi connectivity index (χ1n) is 47.5. The molecule has 6 aromatic rings. The summed E-state index contributed by atoms with van der Waals surface area (Å²) in [4.78, 5) is 28.1. The second kappa shape index (κ2) is 52.0. The Hall–Kier alpha value is -8.46. The van der Waals surface area contributed by atoms with Crippen LogP contribution in [0.3, 0.4) is 0 Å². The van der Waals surface area contributed by atoms with Crippen LogP contribution in [0.5, 0.6) is 23.0 Å². The van der Waals surface area contributed by atoms with E-state index >= 15 is 0 Å². The summed E-state index contributed by atoms with van der Waals surface area (Å²) in [7, 11) is 0. The van der Waals surface area contributed by atoms with Crippen molar-refractivity contribution in [2.75, 3.05) is 65.9 Å². The Morgan fingerprint density at radius 3 is 0.664 bits per heavy atom. The Morgan fingerprint density at radius 2 is 0.459 bits per heavy atom. The second-order valence-electron chi connectivity index (χ2n) is 36.5. The van der Waals surface area contributed by atoms with E-state index in [-0.39, 0.29) is 96.4 Å². The number of unbranched alkanes of at least 4 members (excludes halogenated alkanes) is 9. The maximum Gasteiger partial charge on any atom is 0.251 e. The van der Waals surface area contributed by atoms with Crippen LogP contribution in [0.2, 0.25) is 0 Å². The van der Waals surface area contributed by atoms with E-state index in [0.717, 1.165) is 70.1 Å². The minimum Gasteiger partial charge on any atom is -0.487 e. The molecule has 12 heterocycles. The second-order valence-corrected chi connectivity index (χ2v) is 36.5. The number of aliphatic hydroxyl groups is 28. The molecule has 0 aliphatic carbocycles. The summed E-state index contributed by atoms with van der Waals surface area (Å²) in [5, 5.41) is 334. The fourth-order valence-corrected chi connectivity index (χ4v) is 17.8. The summed E-state index contributed by atoms with van der Waals surface area (Å²) in [6.07, 6.45) is -54.9. The molecule has 8 saturated heterocycles. The standard InChI is InChI=1S/C86H128N14O46/c101-23-45-53(109)57(113)69(125)83(139-45)143-73-49(27-105)135-79(65(121)61(73)117)97-19-37(89-93-97)31-131-41-13-35(14-42(17-41)132-32-38-20-98(94-90-38)80-66(122)62(118)74(50(28-106)136-80)144-84-70(126)58(114)54(110)46(24-102)140-84)77(129)87-11-9-7-5-3-1-2-4-6-8-10-12-88-78(130)36-15-43(133-33-39-21-99(95-91-39)81-67(123)63(119)75(51(29-107)137-81)145-85-71(127)59(115)55(111)47(25-103)141-85)18-44(16-36)134-34-40-22-100(96-92-40)82-68(124)64(120)76(52(30-108)138-82)146-86-72(128)60(116)56(112)48(26-104)142-86/h13-22,45-76,79-86,101-128H,1-12,23-34H2,(H,87,129)(H,88,130)/t45-,46-,47-,48-,49-,50-,51-,52-,53+,54+,55+,56+,57+,58+,59+,60+,61-,62-,63-,64-,65-,66-,67-,68-,69-,70-,71-,72-,73+,74+,75+,76+,79-,80-,81-,82-,83-,84-,85-,86-/m1/s1. The van der Waals surface area contributed by atoms with Crippen molar-refractivity contribution in [3.05, 3.63) is 95.1 Å². The molecule has 0 radical (unpaired) electrons. The molecule has 60 nitrogen and oxygen atoms in total. The molecule has 0 unspecified atom stereocenters. The van der Waals surface area contributed by atoms with E-state index in [9.17, 15) is 153 Å². The normalized spacial score (nSPS) is 37.1. The Balaban J connectivity index is 0.558.